The minimum atomic E-state index is -0.412. The smallest absolute Gasteiger partial charge is 0.0701 e. The van der Waals surface area contributed by atoms with Crippen LogP contribution in [-0.4, -0.2) is 4.98 Å². The van der Waals surface area contributed by atoms with Crippen LogP contribution in [0.4, 0.5) is 0 Å². The van der Waals surface area contributed by atoms with E-state index in [0.29, 0.717) is 0 Å². The molecule has 12 heavy (non-hydrogen) atoms. The first-order valence-electron chi connectivity index (χ1n) is 6.85. The second-order valence-electron chi connectivity index (χ2n) is 2.08. The summed E-state index contributed by atoms with van der Waals surface area (Å²) in [6.07, 6.45) is 1.09. The number of benzene rings is 1. The molecule has 2 rings (SSSR count). The van der Waals surface area contributed by atoms with Crippen molar-refractivity contribution < 1.29 is 9.60 Å². The molecule has 1 heteroatoms. The van der Waals surface area contributed by atoms with Gasteiger partial charge in [-0.25, -0.2) is 0 Å². The van der Waals surface area contributed by atoms with Gasteiger partial charge < -0.3 is 0 Å². The molecule has 2 aromatic rings. The fourth-order valence-corrected chi connectivity index (χ4v) is 0.800. The molecule has 0 amide bonds. The van der Waals surface area contributed by atoms with Gasteiger partial charge in [0.25, 0.3) is 0 Å². The third-order valence-electron chi connectivity index (χ3n) is 1.31. The number of pyridine rings is 1. The highest BCUT2D eigenvalue weighted by molar-refractivity contribution is 5.58. The van der Waals surface area contributed by atoms with E-state index in [2.05, 4.69) is 4.98 Å². The van der Waals surface area contributed by atoms with Gasteiger partial charge >= 0.3 is 0 Å². The first-order chi connectivity index (χ1) is 8.84. The van der Waals surface area contributed by atoms with E-state index in [0.717, 1.165) is 6.20 Å². The molecule has 0 spiro atoms. The molecule has 0 N–H and O–H groups in total. The SMILES string of the molecule is [2H]c1cnc(-c2cc([2H])c([2H])c([2H])c2[2H])c([2H])c1[2H]. The van der Waals surface area contributed by atoms with Crippen LogP contribution in [0, 0.1) is 0 Å². The lowest BCUT2D eigenvalue weighted by atomic mass is 10.1. The molecule has 0 aliphatic carbocycles. The Labute approximate surface area is 81.5 Å². The van der Waals surface area contributed by atoms with Crippen LogP contribution in [0.2, 0.25) is 0 Å². The summed E-state index contributed by atoms with van der Waals surface area (Å²) in [5, 5.41) is 0. The van der Waals surface area contributed by atoms with Crippen LogP contribution in [0.25, 0.3) is 11.3 Å². The number of hydrogen-bond donors (Lipinski definition) is 0. The van der Waals surface area contributed by atoms with Crippen molar-refractivity contribution in [1.29, 1.82) is 0 Å². The normalized spacial score (nSPS) is 17.8. The molecule has 0 aliphatic heterocycles. The molecule has 1 aromatic carbocycles. The van der Waals surface area contributed by atoms with Crippen LogP contribution >= 0.6 is 0 Å². The molecule has 0 radical (unpaired) electrons. The zero-order valence-corrected chi connectivity index (χ0v) is 6.10. The largest absolute Gasteiger partial charge is 0.256 e. The van der Waals surface area contributed by atoms with E-state index in [9.17, 15) is 0 Å². The highest BCUT2D eigenvalue weighted by Gasteiger charge is 1.93. The number of nitrogens with zero attached hydrogens (tertiary/aromatic N) is 1. The molecule has 0 unspecified atom stereocenters. The van der Waals surface area contributed by atoms with Gasteiger partial charge in [-0.15, -0.1) is 0 Å². The molecular formula is C11H9N. The second-order valence-corrected chi connectivity index (χ2v) is 2.08. The monoisotopic (exact) mass is 162 g/mol. The lowest BCUT2D eigenvalue weighted by molar-refractivity contribution is 1.33. The van der Waals surface area contributed by atoms with Gasteiger partial charge in [0.1, 0.15) is 0 Å². The summed E-state index contributed by atoms with van der Waals surface area (Å²) in [6.45, 7) is 0. The Morgan fingerprint density at radius 3 is 2.92 bits per heavy atom. The van der Waals surface area contributed by atoms with Crippen LogP contribution in [0.15, 0.2) is 54.6 Å². The average molecular weight is 162 g/mol. The lowest BCUT2D eigenvalue weighted by Gasteiger charge is -1.97. The molecule has 1 heterocycles. The van der Waals surface area contributed by atoms with Crippen molar-refractivity contribution in [3.8, 4) is 11.3 Å². The Hall–Kier alpha value is -1.63. The maximum Gasteiger partial charge on any atom is 0.0701 e. The van der Waals surface area contributed by atoms with Crippen molar-refractivity contribution in [2.45, 2.75) is 0 Å². The summed E-state index contributed by atoms with van der Waals surface area (Å²) in [7, 11) is 0. The third kappa shape index (κ3) is 1.35. The highest BCUT2D eigenvalue weighted by atomic mass is 14.7. The standard InChI is InChI=1S/C11H9N/c1-2-6-10(7-3-1)11-8-4-5-9-12-11/h1-9H/i1D,2D,3D,4D,5D,6D,8D. The Bertz CT molecular complexity index is 669. The lowest BCUT2D eigenvalue weighted by Crippen LogP contribution is -1.79. The minimum absolute atomic E-state index is 0.0204. The maximum absolute atomic E-state index is 7.77. The van der Waals surface area contributed by atoms with Crippen molar-refractivity contribution in [2.24, 2.45) is 0 Å². The molecule has 0 fully saturated rings. The third-order valence-corrected chi connectivity index (χ3v) is 1.31. The fraction of sp³-hybridized carbons (Fsp3) is 0. The van der Waals surface area contributed by atoms with Gasteiger partial charge in [0, 0.05) is 11.8 Å². The highest BCUT2D eigenvalue weighted by Crippen LogP contribution is 2.14. The van der Waals surface area contributed by atoms with Crippen LogP contribution in [0.1, 0.15) is 9.60 Å². The second kappa shape index (κ2) is 3.18. The quantitative estimate of drug-likeness (QED) is 0.628. The van der Waals surface area contributed by atoms with Gasteiger partial charge in [0.2, 0.25) is 0 Å². The molecule has 0 atom stereocenters. The summed E-state index contributed by atoms with van der Waals surface area (Å²) < 4.78 is 53.0. The van der Waals surface area contributed by atoms with Crippen molar-refractivity contribution in [3.63, 3.8) is 0 Å². The Balaban J connectivity index is 2.77. The van der Waals surface area contributed by atoms with E-state index < -0.39 is 6.04 Å². The molecule has 1 aromatic heterocycles. The first-order valence-corrected chi connectivity index (χ1v) is 3.35. The Kier molecular flexibility index (Phi) is 0.715. The van der Waals surface area contributed by atoms with E-state index in [4.69, 9.17) is 9.60 Å². The summed E-state index contributed by atoms with van der Waals surface area (Å²) in [5.41, 5.74) is 0.0394. The summed E-state index contributed by atoms with van der Waals surface area (Å²) in [6, 6.07) is -0.970. The van der Waals surface area contributed by atoms with E-state index in [1.807, 2.05) is 0 Å². The van der Waals surface area contributed by atoms with Crippen LogP contribution in [0.5, 0.6) is 0 Å². The zero-order chi connectivity index (χ0) is 14.3. The molecule has 0 aliphatic rings. The molecule has 1 nitrogen and oxygen atoms in total. The molecular weight excluding hydrogens is 146 g/mol. The Morgan fingerprint density at radius 1 is 1.00 bits per heavy atom. The van der Waals surface area contributed by atoms with Crippen LogP contribution in [-0.2, 0) is 0 Å². The Morgan fingerprint density at radius 2 is 1.92 bits per heavy atom. The van der Waals surface area contributed by atoms with Gasteiger partial charge in [0.15, 0.2) is 0 Å². The fourth-order valence-electron chi connectivity index (χ4n) is 0.800. The maximum atomic E-state index is 7.77. The molecule has 0 saturated heterocycles. The van der Waals surface area contributed by atoms with E-state index in [1.54, 1.807) is 0 Å². The van der Waals surface area contributed by atoms with Crippen LogP contribution < -0.4 is 0 Å². The van der Waals surface area contributed by atoms with Gasteiger partial charge in [-0.3, -0.25) is 4.98 Å². The predicted octanol–water partition coefficient (Wildman–Crippen LogP) is 2.75. The van der Waals surface area contributed by atoms with Gasteiger partial charge in [-0.1, -0.05) is 36.3 Å². The van der Waals surface area contributed by atoms with E-state index in [1.165, 1.54) is 6.07 Å². The van der Waals surface area contributed by atoms with Crippen molar-refractivity contribution in [2.75, 3.05) is 0 Å². The van der Waals surface area contributed by atoms with Crippen molar-refractivity contribution in [1.82, 2.24) is 4.98 Å². The molecule has 0 saturated carbocycles. The summed E-state index contributed by atoms with van der Waals surface area (Å²) in [4.78, 5) is 3.84. The van der Waals surface area contributed by atoms with Crippen molar-refractivity contribution in [3.05, 3.63) is 54.6 Å². The number of aromatic nitrogens is 1. The van der Waals surface area contributed by atoms with Crippen LogP contribution in [0.3, 0.4) is 0 Å². The summed E-state index contributed by atoms with van der Waals surface area (Å²) in [5.74, 6) is 0. The van der Waals surface area contributed by atoms with Crippen molar-refractivity contribution >= 4 is 0 Å². The number of hydrogen-bond acceptors (Lipinski definition) is 1. The zero-order valence-electron chi connectivity index (χ0n) is 13.1. The van der Waals surface area contributed by atoms with Gasteiger partial charge in [-0.05, 0) is 12.1 Å². The van der Waals surface area contributed by atoms with Gasteiger partial charge in [0.05, 0.1) is 15.3 Å². The minimum Gasteiger partial charge on any atom is -0.256 e. The first kappa shape index (κ1) is 2.70. The number of rotatable bonds is 1. The topological polar surface area (TPSA) is 12.9 Å². The predicted molar refractivity (Wildman–Crippen MR) is 49.7 cm³/mol. The average Bonchev–Trinajstić information content (AvgIpc) is 2.39. The molecule has 58 valence electrons. The van der Waals surface area contributed by atoms with Gasteiger partial charge in [-0.2, -0.15) is 0 Å². The van der Waals surface area contributed by atoms with E-state index >= 15 is 0 Å². The summed E-state index contributed by atoms with van der Waals surface area (Å²) >= 11 is 0. The van der Waals surface area contributed by atoms with E-state index in [-0.39, 0.29) is 47.5 Å². The molecule has 0 bridgehead atoms.